The third-order valence-corrected chi connectivity index (χ3v) is 4.23. The van der Waals surface area contributed by atoms with Gasteiger partial charge in [0.1, 0.15) is 0 Å². The number of carbonyl (C=O) groups excluding carboxylic acids is 1. The summed E-state index contributed by atoms with van der Waals surface area (Å²) >= 11 is 9.02. The molecule has 0 saturated carbocycles. The van der Waals surface area contributed by atoms with Crippen molar-refractivity contribution in [2.45, 2.75) is 18.3 Å². The Balaban J connectivity index is 2.21. The van der Waals surface area contributed by atoms with Crippen LogP contribution in [0.1, 0.15) is 12.8 Å². The van der Waals surface area contributed by atoms with Crippen LogP contribution < -0.4 is 0 Å². The molecule has 0 aliphatic carbocycles. The molecule has 2 nitrogen and oxygen atoms in total. The third-order valence-electron chi connectivity index (χ3n) is 1.55. The number of rotatable bonds is 3. The lowest BCUT2D eigenvalue weighted by Crippen LogP contribution is -2.17. The van der Waals surface area contributed by atoms with Crippen molar-refractivity contribution in [3.8, 4) is 0 Å². The molecule has 5 heteroatoms. The van der Waals surface area contributed by atoms with Crippen molar-refractivity contribution in [1.29, 1.82) is 0 Å². The van der Waals surface area contributed by atoms with Crippen LogP contribution in [0.4, 0.5) is 0 Å². The molecule has 1 rings (SSSR count). The van der Waals surface area contributed by atoms with Crippen molar-refractivity contribution in [1.82, 2.24) is 0 Å². The van der Waals surface area contributed by atoms with Gasteiger partial charge in [-0.25, -0.2) is 0 Å². The number of carbonyl (C=O) groups is 1. The van der Waals surface area contributed by atoms with Gasteiger partial charge in [-0.3, -0.25) is 4.79 Å². The second kappa shape index (κ2) is 6.85. The molecule has 1 unspecified atom stereocenters. The van der Waals surface area contributed by atoms with Gasteiger partial charge in [0, 0.05) is 11.6 Å². The highest BCUT2D eigenvalue weighted by Gasteiger charge is 2.16. The quantitative estimate of drug-likeness (QED) is 0.559. The summed E-state index contributed by atoms with van der Waals surface area (Å²) in [6.07, 6.45) is 1.53. The maximum absolute atomic E-state index is 11.1. The van der Waals surface area contributed by atoms with E-state index in [2.05, 4.69) is 0 Å². The molecule has 1 saturated heterocycles. The lowest BCUT2D eigenvalue weighted by molar-refractivity contribution is -0.143. The van der Waals surface area contributed by atoms with Gasteiger partial charge in [0.15, 0.2) is 5.44 Å². The molecular weight excluding hydrogens is 228 g/mol. The summed E-state index contributed by atoms with van der Waals surface area (Å²) in [6.45, 7) is 0. The summed E-state index contributed by atoms with van der Waals surface area (Å²) in [5.41, 5.74) is 0.0446. The highest BCUT2D eigenvalue weighted by Crippen LogP contribution is 2.24. The number of thioether (sulfide) groups is 2. The van der Waals surface area contributed by atoms with E-state index in [1.54, 1.807) is 11.8 Å². The van der Waals surface area contributed by atoms with E-state index in [0.29, 0.717) is 12.3 Å². The summed E-state index contributed by atoms with van der Waals surface area (Å²) < 4.78 is 5.23. The Bertz CT molecular complexity index is 158. The van der Waals surface area contributed by atoms with Gasteiger partial charge in [0.05, 0.1) is 6.42 Å². The zero-order valence-electron chi connectivity index (χ0n) is 7.33. The predicted molar refractivity (Wildman–Crippen MR) is 59.6 cm³/mol. The second-order valence-electron chi connectivity index (χ2n) is 2.66. The largest absolute Gasteiger partial charge is 0.450 e. The van der Waals surface area contributed by atoms with Crippen LogP contribution in [0, 0.1) is 0 Å². The lowest BCUT2D eigenvalue weighted by Gasteiger charge is -2.13. The van der Waals surface area contributed by atoms with Gasteiger partial charge in [-0.2, -0.15) is 11.8 Å². The molecular formula is C8H13ClO2S2. The number of halogens is 1. The van der Waals surface area contributed by atoms with Gasteiger partial charge in [0.25, 0.3) is 0 Å². The van der Waals surface area contributed by atoms with Crippen LogP contribution in [0.2, 0.25) is 0 Å². The Kier molecular flexibility index (Phi) is 6.07. The van der Waals surface area contributed by atoms with Crippen molar-refractivity contribution in [2.24, 2.45) is 0 Å². The van der Waals surface area contributed by atoms with Crippen LogP contribution >= 0.6 is 35.1 Å². The van der Waals surface area contributed by atoms with E-state index >= 15 is 0 Å². The maximum Gasteiger partial charge on any atom is 0.308 e. The summed E-state index contributed by atoms with van der Waals surface area (Å²) in [7, 11) is 0. The molecule has 0 spiro atoms. The van der Waals surface area contributed by atoms with E-state index in [1.807, 2.05) is 11.8 Å². The molecule has 0 N–H and O–H groups in total. The highest BCUT2D eigenvalue weighted by molar-refractivity contribution is 8.03. The van der Waals surface area contributed by atoms with E-state index in [-0.39, 0.29) is 11.4 Å². The monoisotopic (exact) mass is 240 g/mol. The van der Waals surface area contributed by atoms with Crippen LogP contribution in [0.15, 0.2) is 0 Å². The first-order valence-electron chi connectivity index (χ1n) is 4.27. The summed E-state index contributed by atoms with van der Waals surface area (Å²) in [5.74, 6) is 3.36. The fraction of sp³-hybridized carbons (Fsp3) is 0.875. The molecule has 0 radical (unpaired) electrons. The minimum Gasteiger partial charge on any atom is -0.450 e. The normalized spacial score (nSPS) is 23.6. The standard InChI is InChI=1S/C8H13ClO2S2/c9-3-2-7(10)11-8-6-12-4-1-5-13-8/h8H,1-6H2. The Morgan fingerprint density at radius 3 is 3.15 bits per heavy atom. The Labute approximate surface area is 92.1 Å². The van der Waals surface area contributed by atoms with Crippen LogP contribution in [-0.2, 0) is 9.53 Å². The number of esters is 1. The Morgan fingerprint density at radius 2 is 2.38 bits per heavy atom. The van der Waals surface area contributed by atoms with E-state index in [1.165, 1.54) is 12.2 Å². The van der Waals surface area contributed by atoms with Crippen LogP contribution in [0.25, 0.3) is 0 Å². The van der Waals surface area contributed by atoms with Crippen molar-refractivity contribution in [3.63, 3.8) is 0 Å². The molecule has 1 fully saturated rings. The van der Waals surface area contributed by atoms with E-state index in [4.69, 9.17) is 16.3 Å². The fourth-order valence-corrected chi connectivity index (χ4v) is 3.49. The molecule has 0 aromatic rings. The zero-order chi connectivity index (χ0) is 9.52. The molecule has 0 aromatic carbocycles. The van der Waals surface area contributed by atoms with E-state index in [9.17, 15) is 4.79 Å². The molecule has 1 atom stereocenters. The van der Waals surface area contributed by atoms with Gasteiger partial charge < -0.3 is 4.74 Å². The molecule has 0 amide bonds. The third kappa shape index (κ3) is 5.03. The summed E-state index contributed by atoms with van der Waals surface area (Å²) in [5, 5.41) is 0. The molecule has 1 heterocycles. The van der Waals surface area contributed by atoms with E-state index < -0.39 is 0 Å². The van der Waals surface area contributed by atoms with Crippen molar-refractivity contribution in [3.05, 3.63) is 0 Å². The van der Waals surface area contributed by atoms with Crippen LogP contribution in [-0.4, -0.2) is 34.5 Å². The molecule has 1 aliphatic rings. The second-order valence-corrected chi connectivity index (χ2v) is 5.45. The number of hydrogen-bond acceptors (Lipinski definition) is 4. The zero-order valence-corrected chi connectivity index (χ0v) is 9.72. The molecule has 76 valence electrons. The highest BCUT2D eigenvalue weighted by atomic mass is 35.5. The molecule has 0 bridgehead atoms. The number of alkyl halides is 1. The lowest BCUT2D eigenvalue weighted by atomic mass is 10.5. The smallest absolute Gasteiger partial charge is 0.308 e. The van der Waals surface area contributed by atoms with Crippen LogP contribution in [0.5, 0.6) is 0 Å². The minimum atomic E-state index is -0.171. The van der Waals surface area contributed by atoms with Crippen molar-refractivity contribution in [2.75, 3.05) is 23.1 Å². The summed E-state index contributed by atoms with van der Waals surface area (Å²) in [6, 6.07) is 0. The van der Waals surface area contributed by atoms with Gasteiger partial charge in [0.2, 0.25) is 0 Å². The average Bonchev–Trinajstić information content (AvgIpc) is 2.33. The first-order valence-corrected chi connectivity index (χ1v) is 7.01. The Morgan fingerprint density at radius 1 is 1.54 bits per heavy atom. The predicted octanol–water partition coefficient (Wildman–Crippen LogP) is 2.35. The summed E-state index contributed by atoms with van der Waals surface area (Å²) in [4.78, 5) is 11.1. The fourth-order valence-electron chi connectivity index (χ4n) is 0.954. The molecule has 13 heavy (non-hydrogen) atoms. The van der Waals surface area contributed by atoms with E-state index in [0.717, 1.165) is 11.5 Å². The topological polar surface area (TPSA) is 26.3 Å². The maximum atomic E-state index is 11.1. The molecule has 0 aromatic heterocycles. The molecule has 1 aliphatic heterocycles. The van der Waals surface area contributed by atoms with Gasteiger partial charge in [-0.15, -0.1) is 23.4 Å². The van der Waals surface area contributed by atoms with Gasteiger partial charge in [-0.05, 0) is 17.9 Å². The van der Waals surface area contributed by atoms with Gasteiger partial charge in [-0.1, -0.05) is 0 Å². The Hall–Kier alpha value is 0.460. The van der Waals surface area contributed by atoms with Gasteiger partial charge >= 0.3 is 5.97 Å². The van der Waals surface area contributed by atoms with Crippen molar-refractivity contribution >= 4 is 41.1 Å². The SMILES string of the molecule is O=C(CCCl)OC1CSCCCS1. The number of hydrogen-bond donors (Lipinski definition) is 0. The average molecular weight is 241 g/mol. The van der Waals surface area contributed by atoms with Crippen LogP contribution in [0.3, 0.4) is 0 Å². The van der Waals surface area contributed by atoms with Crippen molar-refractivity contribution < 1.29 is 9.53 Å². The first kappa shape index (κ1) is 11.5. The number of ether oxygens (including phenoxy) is 1. The minimum absolute atomic E-state index is 0.0446. The first-order chi connectivity index (χ1) is 6.33.